The number of nitrogens with two attached hydrogens (primary N) is 1. The number of aromatic nitrogens is 2. The number of aromatic hydroxyl groups is 3. The van der Waals surface area contributed by atoms with Crippen molar-refractivity contribution in [2.24, 2.45) is 40.9 Å². The van der Waals surface area contributed by atoms with Gasteiger partial charge in [-0.2, -0.15) is 65.4 Å². The molecule has 14 N–H and O–H groups in total. The monoisotopic (exact) mass is 1420 g/mol. The number of carbonyl (C=O) groups is 2. The summed E-state index contributed by atoms with van der Waals surface area (Å²) in [5, 5.41) is 106. The first kappa shape index (κ1) is 67.8. The van der Waals surface area contributed by atoms with Crippen LogP contribution in [-0.4, -0.2) is 135 Å². The molecule has 0 aliphatic rings. The highest BCUT2D eigenvalue weighted by Gasteiger charge is 2.32. The van der Waals surface area contributed by atoms with Crippen LogP contribution in [0.25, 0.3) is 27.2 Å². The number of nitrogens with zero attached hydrogens (tertiary/aromatic N) is 11. The van der Waals surface area contributed by atoms with Gasteiger partial charge in [0.15, 0.2) is 17.2 Å². The summed E-state index contributed by atoms with van der Waals surface area (Å²) in [5.74, 6) is -7.94. The van der Waals surface area contributed by atoms with E-state index < -0.39 is 225 Å². The molecule has 0 fully saturated rings. The Labute approximate surface area is 512 Å². The molecular formula is C43H28N12O30S7. The van der Waals surface area contributed by atoms with E-state index in [0.717, 1.165) is 30.3 Å². The second-order valence-electron chi connectivity index (χ2n) is 17.5. The Bertz CT molecular complexity index is 5430. The Hall–Kier alpha value is -10.1. The van der Waals surface area contributed by atoms with Crippen molar-refractivity contribution in [1.82, 2.24) is 9.78 Å². The van der Waals surface area contributed by atoms with Crippen LogP contribution >= 0.6 is 12.0 Å². The molecule has 0 unspecified atom stereocenters. The van der Waals surface area contributed by atoms with Gasteiger partial charge in [0.25, 0.3) is 66.4 Å². The predicted octanol–water partition coefficient (Wildman–Crippen LogP) is 7.75. The zero-order valence-corrected chi connectivity index (χ0v) is 49.4. The van der Waals surface area contributed by atoms with E-state index in [2.05, 4.69) is 55.4 Å². The molecule has 0 saturated carbocycles. The number of carboxylic acid groups (broad SMARTS) is 2. The van der Waals surface area contributed by atoms with E-state index in [1.165, 1.54) is 0 Å². The average molecular weight is 1420 g/mol. The molecular weight excluding hydrogens is 1390 g/mol. The minimum absolute atomic E-state index is 0.00246. The fraction of sp³-hybridized carbons (Fsp3) is 0. The first-order chi connectivity index (χ1) is 42.5. The van der Waals surface area contributed by atoms with Gasteiger partial charge in [-0.25, -0.2) is 14.8 Å². The van der Waals surface area contributed by atoms with Crippen molar-refractivity contribution < 1.29 is 132 Å². The van der Waals surface area contributed by atoms with E-state index in [0.29, 0.717) is 48.5 Å². The third kappa shape index (κ3) is 13.8. The highest BCUT2D eigenvalue weighted by molar-refractivity contribution is 7.94. The maximum absolute atomic E-state index is 13.2. The summed E-state index contributed by atoms with van der Waals surface area (Å²) in [4.78, 5) is 26.2. The third-order valence-electron chi connectivity index (χ3n) is 11.9. The highest BCUT2D eigenvalue weighted by atomic mass is 32.2. The molecule has 0 aliphatic carbocycles. The van der Waals surface area contributed by atoms with Crippen LogP contribution in [0.3, 0.4) is 0 Å². The standard InChI is InChI=1S/C43H28N12O30S7/c44-33-25(14-29(89(72,73)74)21-12-27(86-85-84-65)34(39(57)32(21)33)50-46-22-6-2-16(55(63)64)10-20(22)42(59)60)49-48-24-7-4-18-19(40(24)92(81,82)83)13-31(91(78,79)80)35(38(18)56)51-45-15-1-5-23(30(9-15)90(75,76)77)47-52-36-37(43(61)62)53-54(41(36)58)26-11-17(87(66,67)68)3-8-28(26)88(69,70)71/h1-14,56-58,65H,44H2,(H,59,60)(H,61,62)(H,66,67,68)(H,69,70,71)(H,72,73,74)(H,75,76,77)(H,78,79,80)(H,81,82,83). The Balaban J connectivity index is 1.23. The molecule has 482 valence electrons. The Kier molecular flexibility index (Phi) is 18.1. The summed E-state index contributed by atoms with van der Waals surface area (Å²) >= 11 is -0.0179. The van der Waals surface area contributed by atoms with Crippen LogP contribution in [0.4, 0.5) is 56.9 Å². The average Bonchev–Trinajstić information content (AvgIpc) is 0.834. The van der Waals surface area contributed by atoms with Gasteiger partial charge in [0.2, 0.25) is 11.6 Å². The lowest BCUT2D eigenvalue weighted by molar-refractivity contribution is -0.432. The lowest BCUT2D eigenvalue weighted by Crippen LogP contribution is -2.10. The van der Waals surface area contributed by atoms with Crippen molar-refractivity contribution >= 4 is 163 Å². The lowest BCUT2D eigenvalue weighted by Gasteiger charge is -2.15. The van der Waals surface area contributed by atoms with Gasteiger partial charge < -0.3 is 31.3 Å². The number of nitrogen functional groups attached to an aromatic ring is 1. The molecule has 0 saturated heterocycles. The Morgan fingerprint density at radius 3 is 1.70 bits per heavy atom. The SMILES string of the molecule is Nc1c(N=Nc2ccc3c(O)c(N=Nc4ccc(N=Nc5c(C(=O)O)nn(-c6cc(S(=O)(=O)O)ccc6S(=O)(=O)O)c5O)c(S(=O)(=O)O)c4)c(S(=O)(=O)O)cc3c2S(=O)(=O)O)cc(S(=O)(=O)O)c2cc(SOOO)c(N=Nc3ccc([N+](=O)[O-])cc3C(=O)O)c(O)c12. The minimum atomic E-state index is -5.78. The number of hydrogen-bond donors (Lipinski definition) is 13. The first-order valence-electron chi connectivity index (χ1n) is 23.0. The number of hydrogen-bond acceptors (Lipinski definition) is 33. The maximum Gasteiger partial charge on any atom is 0.358 e. The van der Waals surface area contributed by atoms with Crippen LogP contribution in [0.1, 0.15) is 20.8 Å². The summed E-state index contributed by atoms with van der Waals surface area (Å²) in [5.41, 5.74) is -6.06. The molecule has 0 radical (unpaired) electrons. The van der Waals surface area contributed by atoms with E-state index in [-0.39, 0.29) is 22.8 Å². The summed E-state index contributed by atoms with van der Waals surface area (Å²) in [6.07, 6.45) is 0. The molecule has 8 aromatic rings. The number of phenolic OH excluding ortho intramolecular Hbond substituents is 2. The normalized spacial score (nSPS) is 13.0. The third-order valence-corrected chi connectivity index (χ3v) is 17.9. The summed E-state index contributed by atoms with van der Waals surface area (Å²) in [6, 6.07) is 8.12. The number of aromatic carboxylic acids is 2. The van der Waals surface area contributed by atoms with E-state index in [1.54, 1.807) is 0 Å². The molecule has 0 atom stereocenters. The van der Waals surface area contributed by atoms with Crippen molar-refractivity contribution in [3.63, 3.8) is 0 Å². The molecule has 0 bridgehead atoms. The van der Waals surface area contributed by atoms with Gasteiger partial charge >= 0.3 is 11.9 Å². The number of nitro benzene ring substituents is 1. The molecule has 49 heteroatoms. The summed E-state index contributed by atoms with van der Waals surface area (Å²) in [6.45, 7) is 0. The number of phenols is 2. The van der Waals surface area contributed by atoms with Gasteiger partial charge in [0.05, 0.1) is 54.8 Å². The fourth-order valence-electron chi connectivity index (χ4n) is 8.06. The molecule has 7 aromatic carbocycles. The zero-order valence-electron chi connectivity index (χ0n) is 43.7. The molecule has 8 rings (SSSR count). The Morgan fingerprint density at radius 1 is 0.543 bits per heavy atom. The smallest absolute Gasteiger partial charge is 0.358 e. The first-order valence-corrected chi connectivity index (χ1v) is 32.4. The van der Waals surface area contributed by atoms with Gasteiger partial charge in [-0.1, -0.05) is 5.04 Å². The van der Waals surface area contributed by atoms with E-state index in [9.17, 15) is 123 Å². The van der Waals surface area contributed by atoms with Gasteiger partial charge in [0, 0.05) is 28.3 Å². The number of azo groups is 4. The summed E-state index contributed by atoms with van der Waals surface area (Å²) < 4.78 is 216. The van der Waals surface area contributed by atoms with Crippen molar-refractivity contribution in [2.45, 2.75) is 34.3 Å². The van der Waals surface area contributed by atoms with Crippen LogP contribution in [0.5, 0.6) is 17.4 Å². The van der Waals surface area contributed by atoms with Crippen molar-refractivity contribution in [3.8, 4) is 23.1 Å². The lowest BCUT2D eigenvalue weighted by atomic mass is 10.0. The van der Waals surface area contributed by atoms with Gasteiger partial charge in [-0.05, 0) is 72.8 Å². The molecule has 0 aliphatic heterocycles. The van der Waals surface area contributed by atoms with Gasteiger partial charge in [0.1, 0.15) is 58.6 Å². The number of rotatable bonds is 21. The number of non-ortho nitro benzene ring substituents is 1. The van der Waals surface area contributed by atoms with E-state index in [1.807, 2.05) is 0 Å². The predicted molar refractivity (Wildman–Crippen MR) is 301 cm³/mol. The molecule has 92 heavy (non-hydrogen) atoms. The van der Waals surface area contributed by atoms with Crippen molar-refractivity contribution in [2.75, 3.05) is 5.73 Å². The maximum atomic E-state index is 13.2. The number of nitro groups is 1. The van der Waals surface area contributed by atoms with Gasteiger partial charge in [-0.3, -0.25) is 37.4 Å². The second-order valence-corrected chi connectivity index (χ2v) is 26.6. The molecule has 1 heterocycles. The number of anilines is 1. The van der Waals surface area contributed by atoms with Crippen LogP contribution in [0.15, 0.2) is 160 Å². The van der Waals surface area contributed by atoms with Crippen LogP contribution in [0, 0.1) is 10.1 Å². The quantitative estimate of drug-likeness (QED) is 0.00621. The molecule has 0 amide bonds. The number of fused-ring (bicyclic) bond motifs is 2. The fourth-order valence-corrected chi connectivity index (χ4v) is 12.5. The van der Waals surface area contributed by atoms with Crippen LogP contribution in [-0.2, 0) is 70.1 Å². The van der Waals surface area contributed by atoms with E-state index in [4.69, 9.17) is 11.0 Å². The second kappa shape index (κ2) is 24.6. The molecule has 1 aromatic heterocycles. The number of benzene rings is 7. The van der Waals surface area contributed by atoms with Crippen molar-refractivity contribution in [1.29, 1.82) is 0 Å². The molecule has 42 nitrogen and oxygen atoms in total. The minimum Gasteiger partial charge on any atom is -0.505 e. The van der Waals surface area contributed by atoms with Crippen LogP contribution < -0.4 is 5.73 Å². The largest absolute Gasteiger partial charge is 0.505 e. The van der Waals surface area contributed by atoms with Crippen LogP contribution in [0.2, 0.25) is 0 Å². The van der Waals surface area contributed by atoms with Gasteiger partial charge in [-0.15, -0.1) is 40.1 Å². The molecule has 0 spiro atoms. The zero-order chi connectivity index (χ0) is 68.3. The summed E-state index contributed by atoms with van der Waals surface area (Å²) in [7, 11) is -33.1. The topological polar surface area (TPSA) is 686 Å². The number of carboxylic acids is 2. The Morgan fingerprint density at radius 2 is 1.12 bits per heavy atom. The van der Waals surface area contributed by atoms with Crippen molar-refractivity contribution in [3.05, 3.63) is 106 Å². The highest BCUT2D eigenvalue weighted by Crippen LogP contribution is 2.51. The van der Waals surface area contributed by atoms with E-state index >= 15 is 0 Å².